The largest absolute Gasteiger partial charge is 0.340 e. The molecule has 0 amide bonds. The van der Waals surface area contributed by atoms with Crippen LogP contribution in [0.15, 0.2) is 29.2 Å². The number of epoxide rings is 1. The first kappa shape index (κ1) is 27.3. The number of hydrogen-bond acceptors (Lipinski definition) is 4. The number of benzene rings is 1. The van der Waals surface area contributed by atoms with Crippen molar-refractivity contribution >= 4 is 10.1 Å². The summed E-state index contributed by atoms with van der Waals surface area (Å²) >= 11 is 0. The van der Waals surface area contributed by atoms with Gasteiger partial charge in [0.05, 0.1) is 4.90 Å². The molecule has 4 nitrogen and oxygen atoms in total. The van der Waals surface area contributed by atoms with Crippen molar-refractivity contribution in [2.24, 2.45) is 23.7 Å². The quantitative estimate of drug-likeness (QED) is 0.187. The molecule has 5 atom stereocenters. The minimum absolute atomic E-state index is 0.114. The van der Waals surface area contributed by atoms with Gasteiger partial charge >= 0.3 is 0 Å². The summed E-state index contributed by atoms with van der Waals surface area (Å²) in [5.74, 6) is 2.73. The van der Waals surface area contributed by atoms with Gasteiger partial charge in [-0.1, -0.05) is 104 Å². The zero-order valence-electron chi connectivity index (χ0n) is 21.2. The predicted octanol–water partition coefficient (Wildman–Crippen LogP) is 7.50. The van der Waals surface area contributed by atoms with E-state index in [2.05, 4.69) is 34.6 Å². The number of ether oxygens (including phenoxy) is 1. The second kappa shape index (κ2) is 13.1. The fourth-order valence-corrected chi connectivity index (χ4v) is 5.39. The predicted molar refractivity (Wildman–Crippen MR) is 132 cm³/mol. The topological polar surface area (TPSA) is 55.9 Å². The highest BCUT2D eigenvalue weighted by Crippen LogP contribution is 2.36. The van der Waals surface area contributed by atoms with Crippen LogP contribution in [0, 0.1) is 30.6 Å². The summed E-state index contributed by atoms with van der Waals surface area (Å²) in [4.78, 5) is 0.188. The molecule has 0 radical (unpaired) electrons. The molecule has 1 unspecified atom stereocenters. The molecule has 0 saturated carbocycles. The molecular formula is C27H46O4S. The van der Waals surface area contributed by atoms with E-state index in [9.17, 15) is 8.42 Å². The van der Waals surface area contributed by atoms with Crippen LogP contribution in [0.5, 0.6) is 0 Å². The summed E-state index contributed by atoms with van der Waals surface area (Å²) in [5.41, 5.74) is 1.02. The lowest BCUT2D eigenvalue weighted by molar-refractivity contribution is 0.184. The second-order valence-corrected chi connectivity index (χ2v) is 12.3. The molecule has 0 aliphatic carbocycles. The first-order valence-corrected chi connectivity index (χ1v) is 14.1. The van der Waals surface area contributed by atoms with Crippen LogP contribution in [-0.2, 0) is 19.0 Å². The van der Waals surface area contributed by atoms with Crippen molar-refractivity contribution in [2.45, 2.75) is 117 Å². The van der Waals surface area contributed by atoms with E-state index in [0.717, 1.165) is 36.2 Å². The molecule has 2 rings (SSSR count). The van der Waals surface area contributed by atoms with Crippen molar-refractivity contribution in [1.82, 2.24) is 0 Å². The zero-order valence-corrected chi connectivity index (χ0v) is 22.0. The van der Waals surface area contributed by atoms with E-state index in [1.165, 1.54) is 44.9 Å². The maximum absolute atomic E-state index is 12.4. The fraction of sp³-hybridized carbons (Fsp3) is 0.778. The van der Waals surface area contributed by atoms with Crippen LogP contribution >= 0.6 is 0 Å². The average Bonchev–Trinajstić information content (AvgIpc) is 3.46. The molecule has 1 saturated heterocycles. The summed E-state index contributed by atoms with van der Waals surface area (Å²) < 4.78 is 35.7. The Morgan fingerprint density at radius 3 is 1.84 bits per heavy atom. The minimum Gasteiger partial charge on any atom is -0.340 e. The van der Waals surface area contributed by atoms with E-state index < -0.39 is 16.4 Å². The summed E-state index contributed by atoms with van der Waals surface area (Å²) in [6.07, 6.45) is 10.8. The van der Waals surface area contributed by atoms with Crippen LogP contribution in [0.4, 0.5) is 0 Å². The smallest absolute Gasteiger partial charge is 0.299 e. The highest BCUT2D eigenvalue weighted by atomic mass is 32.2. The molecule has 1 aliphatic rings. The Hall–Kier alpha value is -0.910. The van der Waals surface area contributed by atoms with E-state index in [0.29, 0.717) is 5.92 Å². The number of rotatable bonds is 16. The van der Waals surface area contributed by atoms with Crippen LogP contribution in [0.3, 0.4) is 0 Å². The van der Waals surface area contributed by atoms with Crippen molar-refractivity contribution in [3.63, 3.8) is 0 Å². The Balaban J connectivity index is 1.57. The lowest BCUT2D eigenvalue weighted by atomic mass is 9.91. The SMILES string of the molecule is Cc1ccc(S(=O)(=O)OC2O[C@H]2[C@@H](C)CCC[C@H](C)CCC[C@H](C)CCCC(C)C)cc1. The van der Waals surface area contributed by atoms with Crippen molar-refractivity contribution in [3.8, 4) is 0 Å². The van der Waals surface area contributed by atoms with E-state index in [4.69, 9.17) is 8.92 Å². The van der Waals surface area contributed by atoms with Gasteiger partial charge in [-0.2, -0.15) is 8.42 Å². The summed E-state index contributed by atoms with van der Waals surface area (Å²) in [6.45, 7) is 13.4. The molecule has 32 heavy (non-hydrogen) atoms. The van der Waals surface area contributed by atoms with Crippen LogP contribution < -0.4 is 0 Å². The maximum atomic E-state index is 12.4. The van der Waals surface area contributed by atoms with E-state index in [1.54, 1.807) is 24.3 Å². The Morgan fingerprint density at radius 1 is 0.812 bits per heavy atom. The number of aryl methyl sites for hydroxylation is 1. The first-order valence-electron chi connectivity index (χ1n) is 12.7. The van der Waals surface area contributed by atoms with E-state index >= 15 is 0 Å². The molecule has 1 fully saturated rings. The fourth-order valence-electron chi connectivity index (χ4n) is 4.41. The number of hydrogen-bond donors (Lipinski definition) is 0. The summed E-state index contributed by atoms with van der Waals surface area (Å²) in [5, 5.41) is 0. The lowest BCUT2D eigenvalue weighted by Gasteiger charge is -2.15. The van der Waals surface area contributed by atoms with Crippen molar-refractivity contribution < 1.29 is 17.3 Å². The average molecular weight is 467 g/mol. The molecule has 1 aromatic rings. The molecule has 0 aromatic heterocycles. The second-order valence-electron chi connectivity index (χ2n) is 10.7. The van der Waals surface area contributed by atoms with Crippen LogP contribution in [0.2, 0.25) is 0 Å². The summed E-state index contributed by atoms with van der Waals surface area (Å²) in [7, 11) is -3.77. The Kier molecular flexibility index (Phi) is 11.2. The van der Waals surface area contributed by atoms with Crippen molar-refractivity contribution in [2.75, 3.05) is 0 Å². The van der Waals surface area contributed by atoms with Gasteiger partial charge in [0, 0.05) is 0 Å². The monoisotopic (exact) mass is 466 g/mol. The van der Waals surface area contributed by atoms with Crippen molar-refractivity contribution in [1.29, 1.82) is 0 Å². The molecule has 184 valence electrons. The van der Waals surface area contributed by atoms with Gasteiger partial charge in [-0.3, -0.25) is 0 Å². The Bertz CT molecular complexity index is 756. The van der Waals surface area contributed by atoms with E-state index in [-0.39, 0.29) is 11.0 Å². The molecule has 0 N–H and O–H groups in total. The standard InChI is InChI=1S/C27H46O4S/c1-20(2)10-7-11-21(3)12-8-13-22(4)14-9-15-24(6)26-27(30-26)31-32(28,29)25-18-16-23(5)17-19-25/h16-22,24,26-27H,7-15H2,1-6H3/t21-,22-,24+,26+,27?/m1/s1. The van der Waals surface area contributed by atoms with Gasteiger partial charge in [-0.25, -0.2) is 4.18 Å². The maximum Gasteiger partial charge on any atom is 0.299 e. The molecule has 1 aliphatic heterocycles. The van der Waals surface area contributed by atoms with Crippen LogP contribution in [0.25, 0.3) is 0 Å². The van der Waals surface area contributed by atoms with Crippen LogP contribution in [-0.4, -0.2) is 20.8 Å². The van der Waals surface area contributed by atoms with Crippen LogP contribution in [0.1, 0.15) is 98.0 Å². The lowest BCUT2D eigenvalue weighted by Crippen LogP contribution is -2.14. The minimum atomic E-state index is -3.77. The Morgan fingerprint density at radius 2 is 1.31 bits per heavy atom. The molecule has 0 spiro atoms. The first-order chi connectivity index (χ1) is 15.1. The zero-order chi connectivity index (χ0) is 23.7. The van der Waals surface area contributed by atoms with Crippen molar-refractivity contribution in [3.05, 3.63) is 29.8 Å². The molecule has 0 bridgehead atoms. The highest BCUT2D eigenvalue weighted by molar-refractivity contribution is 7.86. The van der Waals surface area contributed by atoms with Gasteiger partial charge in [0.15, 0.2) is 0 Å². The van der Waals surface area contributed by atoms with Gasteiger partial charge in [0.1, 0.15) is 6.10 Å². The van der Waals surface area contributed by atoms with Gasteiger partial charge in [0.25, 0.3) is 10.1 Å². The third-order valence-electron chi connectivity index (χ3n) is 6.80. The highest BCUT2D eigenvalue weighted by Gasteiger charge is 2.47. The molecule has 5 heteroatoms. The molecular weight excluding hydrogens is 420 g/mol. The Labute approximate surface area is 197 Å². The normalized spacial score (nSPS) is 21.5. The van der Waals surface area contributed by atoms with Gasteiger partial charge in [-0.15, -0.1) is 0 Å². The van der Waals surface area contributed by atoms with Gasteiger partial charge in [-0.05, 0) is 49.1 Å². The van der Waals surface area contributed by atoms with E-state index in [1.807, 2.05) is 6.92 Å². The third kappa shape index (κ3) is 9.93. The molecule has 1 aromatic carbocycles. The summed E-state index contributed by atoms with van der Waals surface area (Å²) in [6, 6.07) is 6.72. The molecule has 1 heterocycles. The third-order valence-corrected chi connectivity index (χ3v) is 8.10. The van der Waals surface area contributed by atoms with Gasteiger partial charge < -0.3 is 4.74 Å². The van der Waals surface area contributed by atoms with Gasteiger partial charge in [0.2, 0.25) is 6.29 Å².